The number of benzene rings is 1. The van der Waals surface area contributed by atoms with Gasteiger partial charge in [-0.05, 0) is 36.4 Å². The van der Waals surface area contributed by atoms with Gasteiger partial charge in [0.05, 0.1) is 0 Å². The number of nitrogens with zero attached hydrogens (tertiary/aromatic N) is 1. The number of aromatic nitrogens is 1. The third-order valence-electron chi connectivity index (χ3n) is 3.85. The first-order chi connectivity index (χ1) is 9.79. The minimum atomic E-state index is 0.597. The average molecular weight is 270 g/mol. The molecule has 0 aliphatic carbocycles. The van der Waals surface area contributed by atoms with Gasteiger partial charge in [0.2, 0.25) is 0 Å². The van der Waals surface area contributed by atoms with Gasteiger partial charge in [-0.2, -0.15) is 0 Å². The minimum Gasteiger partial charge on any atom is -0.310 e. The van der Waals surface area contributed by atoms with Crippen LogP contribution in [0.1, 0.15) is 51.5 Å². The van der Waals surface area contributed by atoms with Crippen molar-refractivity contribution in [1.29, 1.82) is 0 Å². The first-order valence-corrected chi connectivity index (χ1v) is 7.85. The molecule has 1 heterocycles. The Morgan fingerprint density at radius 2 is 2.00 bits per heavy atom. The van der Waals surface area contributed by atoms with E-state index in [1.807, 2.05) is 12.4 Å². The molecule has 0 saturated heterocycles. The second-order valence-electron chi connectivity index (χ2n) is 5.69. The van der Waals surface area contributed by atoms with E-state index in [2.05, 4.69) is 48.4 Å². The van der Waals surface area contributed by atoms with Crippen LogP contribution < -0.4 is 5.32 Å². The number of fused-ring (bicyclic) bond motifs is 1. The highest BCUT2D eigenvalue weighted by Crippen LogP contribution is 2.14. The van der Waals surface area contributed by atoms with Gasteiger partial charge in [-0.1, -0.05) is 44.7 Å². The number of nitrogens with one attached hydrogen (secondary N) is 1. The Kier molecular flexibility index (Phi) is 6.00. The zero-order valence-corrected chi connectivity index (χ0v) is 12.7. The minimum absolute atomic E-state index is 0.597. The van der Waals surface area contributed by atoms with Crippen molar-refractivity contribution >= 4 is 10.8 Å². The fourth-order valence-corrected chi connectivity index (χ4v) is 2.51. The molecule has 2 nitrogen and oxygen atoms in total. The standard InChI is InChI=1S/C18H26N2/c1-3-4-5-6-7-15(2)20-13-16-8-9-18-14-19-11-10-17(18)12-16/h8-12,14-15,20H,3-7,13H2,1-2H3/t15-/m1/s1. The van der Waals surface area contributed by atoms with Gasteiger partial charge in [0, 0.05) is 30.4 Å². The molecule has 1 atom stereocenters. The van der Waals surface area contributed by atoms with Gasteiger partial charge in [0.1, 0.15) is 0 Å². The summed E-state index contributed by atoms with van der Waals surface area (Å²) in [6.45, 7) is 5.50. The Morgan fingerprint density at radius 1 is 1.10 bits per heavy atom. The van der Waals surface area contributed by atoms with E-state index in [0.29, 0.717) is 6.04 Å². The largest absolute Gasteiger partial charge is 0.310 e. The van der Waals surface area contributed by atoms with E-state index >= 15 is 0 Å². The molecule has 1 aromatic carbocycles. The molecule has 108 valence electrons. The van der Waals surface area contributed by atoms with Crippen LogP contribution in [-0.2, 0) is 6.54 Å². The fourth-order valence-electron chi connectivity index (χ4n) is 2.51. The maximum atomic E-state index is 4.15. The Balaban J connectivity index is 1.80. The molecule has 2 heteroatoms. The molecule has 0 saturated carbocycles. The molecule has 0 aliphatic heterocycles. The number of rotatable bonds is 8. The normalized spacial score (nSPS) is 12.7. The molecule has 1 aromatic heterocycles. The monoisotopic (exact) mass is 270 g/mol. The number of pyridine rings is 1. The highest BCUT2D eigenvalue weighted by atomic mass is 14.9. The Morgan fingerprint density at radius 3 is 2.85 bits per heavy atom. The number of hydrogen-bond acceptors (Lipinski definition) is 2. The summed E-state index contributed by atoms with van der Waals surface area (Å²) in [4.78, 5) is 4.15. The summed E-state index contributed by atoms with van der Waals surface area (Å²) < 4.78 is 0. The van der Waals surface area contributed by atoms with Crippen LogP contribution in [0.4, 0.5) is 0 Å². The predicted octanol–water partition coefficient (Wildman–Crippen LogP) is 4.68. The molecule has 0 radical (unpaired) electrons. The molecular formula is C18H26N2. The summed E-state index contributed by atoms with van der Waals surface area (Å²) in [5.41, 5.74) is 1.35. The van der Waals surface area contributed by atoms with Crippen molar-refractivity contribution in [3.05, 3.63) is 42.2 Å². The summed E-state index contributed by atoms with van der Waals surface area (Å²) >= 11 is 0. The van der Waals surface area contributed by atoms with E-state index in [1.54, 1.807) is 0 Å². The highest BCUT2D eigenvalue weighted by Gasteiger charge is 2.02. The van der Waals surface area contributed by atoms with Crippen LogP contribution in [0.15, 0.2) is 36.7 Å². The lowest BCUT2D eigenvalue weighted by molar-refractivity contribution is 0.483. The SMILES string of the molecule is CCCCCC[C@@H](C)NCc1ccc2cnccc2c1. The van der Waals surface area contributed by atoms with E-state index in [-0.39, 0.29) is 0 Å². The summed E-state index contributed by atoms with van der Waals surface area (Å²) in [5.74, 6) is 0. The van der Waals surface area contributed by atoms with E-state index in [0.717, 1.165) is 6.54 Å². The predicted molar refractivity (Wildman–Crippen MR) is 86.8 cm³/mol. The second-order valence-corrected chi connectivity index (χ2v) is 5.69. The van der Waals surface area contributed by atoms with Crippen molar-refractivity contribution in [3.63, 3.8) is 0 Å². The average Bonchev–Trinajstić information content (AvgIpc) is 2.49. The molecule has 2 aromatic rings. The molecule has 0 fully saturated rings. The summed E-state index contributed by atoms with van der Waals surface area (Å²) in [5, 5.41) is 6.11. The highest BCUT2D eigenvalue weighted by molar-refractivity contribution is 5.81. The first kappa shape index (κ1) is 15.0. The van der Waals surface area contributed by atoms with Crippen LogP contribution in [-0.4, -0.2) is 11.0 Å². The Bertz CT molecular complexity index is 522. The molecule has 2 rings (SSSR count). The maximum Gasteiger partial charge on any atom is 0.0346 e. The van der Waals surface area contributed by atoms with Gasteiger partial charge in [-0.3, -0.25) is 4.98 Å². The lowest BCUT2D eigenvalue weighted by Gasteiger charge is -2.14. The molecule has 20 heavy (non-hydrogen) atoms. The summed E-state index contributed by atoms with van der Waals surface area (Å²) in [7, 11) is 0. The first-order valence-electron chi connectivity index (χ1n) is 7.85. The zero-order valence-electron chi connectivity index (χ0n) is 12.7. The molecule has 0 aliphatic rings. The van der Waals surface area contributed by atoms with E-state index in [1.165, 1.54) is 48.4 Å². The molecule has 0 amide bonds. The van der Waals surface area contributed by atoms with Crippen molar-refractivity contribution in [2.24, 2.45) is 0 Å². The Labute approximate surface area is 122 Å². The van der Waals surface area contributed by atoms with Gasteiger partial charge in [0.25, 0.3) is 0 Å². The van der Waals surface area contributed by atoms with Crippen LogP contribution in [0.5, 0.6) is 0 Å². The van der Waals surface area contributed by atoms with Gasteiger partial charge >= 0.3 is 0 Å². The molecule has 0 bridgehead atoms. The molecule has 0 spiro atoms. The van der Waals surface area contributed by atoms with Crippen molar-refractivity contribution < 1.29 is 0 Å². The maximum absolute atomic E-state index is 4.15. The van der Waals surface area contributed by atoms with Crippen LogP contribution in [0.3, 0.4) is 0 Å². The Hall–Kier alpha value is -1.41. The van der Waals surface area contributed by atoms with Crippen LogP contribution >= 0.6 is 0 Å². The van der Waals surface area contributed by atoms with Gasteiger partial charge in [-0.15, -0.1) is 0 Å². The third kappa shape index (κ3) is 4.61. The lowest BCUT2D eigenvalue weighted by atomic mass is 10.1. The molecule has 0 unspecified atom stereocenters. The smallest absolute Gasteiger partial charge is 0.0346 e. The van der Waals surface area contributed by atoms with Crippen molar-refractivity contribution in [3.8, 4) is 0 Å². The third-order valence-corrected chi connectivity index (χ3v) is 3.85. The number of hydrogen-bond donors (Lipinski definition) is 1. The summed E-state index contributed by atoms with van der Waals surface area (Å²) in [6.07, 6.45) is 10.4. The number of unbranched alkanes of at least 4 members (excludes halogenated alkanes) is 3. The topological polar surface area (TPSA) is 24.9 Å². The van der Waals surface area contributed by atoms with E-state index in [4.69, 9.17) is 0 Å². The van der Waals surface area contributed by atoms with Crippen LogP contribution in [0, 0.1) is 0 Å². The molecule has 1 N–H and O–H groups in total. The lowest BCUT2D eigenvalue weighted by Crippen LogP contribution is -2.25. The van der Waals surface area contributed by atoms with Crippen molar-refractivity contribution in [1.82, 2.24) is 10.3 Å². The summed E-state index contributed by atoms with van der Waals surface area (Å²) in [6, 6.07) is 9.28. The van der Waals surface area contributed by atoms with Gasteiger partial charge in [-0.25, -0.2) is 0 Å². The van der Waals surface area contributed by atoms with Crippen molar-refractivity contribution in [2.45, 2.75) is 58.5 Å². The van der Waals surface area contributed by atoms with Gasteiger partial charge in [0.15, 0.2) is 0 Å². The van der Waals surface area contributed by atoms with Gasteiger partial charge < -0.3 is 5.32 Å². The van der Waals surface area contributed by atoms with Crippen molar-refractivity contribution in [2.75, 3.05) is 0 Å². The quantitative estimate of drug-likeness (QED) is 0.704. The van der Waals surface area contributed by atoms with E-state index in [9.17, 15) is 0 Å². The molecular weight excluding hydrogens is 244 g/mol. The van der Waals surface area contributed by atoms with E-state index < -0.39 is 0 Å². The second kappa shape index (κ2) is 8.01. The van der Waals surface area contributed by atoms with Crippen LogP contribution in [0.25, 0.3) is 10.8 Å². The fraction of sp³-hybridized carbons (Fsp3) is 0.500. The zero-order chi connectivity index (χ0) is 14.2. The van der Waals surface area contributed by atoms with Crippen LogP contribution in [0.2, 0.25) is 0 Å².